The van der Waals surface area contributed by atoms with E-state index in [0.717, 1.165) is 36.8 Å². The van der Waals surface area contributed by atoms with Crippen molar-refractivity contribution >= 4 is 17.0 Å². The summed E-state index contributed by atoms with van der Waals surface area (Å²) >= 11 is 0. The summed E-state index contributed by atoms with van der Waals surface area (Å²) in [5, 5.41) is 8.83. The summed E-state index contributed by atoms with van der Waals surface area (Å²) in [6.07, 6.45) is 5.44. The lowest BCUT2D eigenvalue weighted by Crippen LogP contribution is -2.35. The number of likely N-dealkylation sites (tertiary alicyclic amines) is 1. The second-order valence-electron chi connectivity index (χ2n) is 7.35. The van der Waals surface area contributed by atoms with Gasteiger partial charge in [-0.25, -0.2) is 4.98 Å². The van der Waals surface area contributed by atoms with Gasteiger partial charge in [-0.3, -0.25) is 4.79 Å². The van der Waals surface area contributed by atoms with Crippen LogP contribution in [0.25, 0.3) is 11.1 Å². The first-order valence-electron chi connectivity index (χ1n) is 9.41. The number of pyridine rings is 1. The summed E-state index contributed by atoms with van der Waals surface area (Å²) < 4.78 is 10.5. The Kier molecular flexibility index (Phi) is 4.63. The predicted molar refractivity (Wildman–Crippen MR) is 97.2 cm³/mol. The number of carbonyl (C=O) groups is 1. The molecule has 27 heavy (non-hydrogen) atoms. The number of rotatable bonds is 3. The highest BCUT2D eigenvalue weighted by molar-refractivity contribution is 5.97. The maximum atomic E-state index is 13.3. The minimum atomic E-state index is -0.185. The van der Waals surface area contributed by atoms with Crippen LogP contribution in [0.15, 0.2) is 21.3 Å². The van der Waals surface area contributed by atoms with Crippen molar-refractivity contribution < 1.29 is 13.8 Å². The topological polar surface area (TPSA) is 98.2 Å². The summed E-state index contributed by atoms with van der Waals surface area (Å²) in [4.78, 5) is 23.9. The molecular formula is C19H23N5O3. The zero-order valence-electron chi connectivity index (χ0n) is 15.8. The third kappa shape index (κ3) is 3.31. The second-order valence-corrected chi connectivity index (χ2v) is 7.35. The first-order valence-corrected chi connectivity index (χ1v) is 9.41. The molecular weight excluding hydrogens is 346 g/mol. The Morgan fingerprint density at radius 2 is 2.07 bits per heavy atom. The molecule has 0 unspecified atom stereocenters. The first kappa shape index (κ1) is 17.6. The molecule has 4 rings (SSSR count). The quantitative estimate of drug-likeness (QED) is 0.692. The maximum Gasteiger partial charge on any atom is 0.257 e. The molecule has 1 aliphatic rings. The van der Waals surface area contributed by atoms with Gasteiger partial charge in [-0.2, -0.15) is 4.98 Å². The molecule has 0 bridgehead atoms. The largest absolute Gasteiger partial charge is 0.339 e. The molecule has 1 fully saturated rings. The van der Waals surface area contributed by atoms with E-state index < -0.39 is 0 Å². The number of carbonyl (C=O) groups excluding carboxylic acids is 1. The summed E-state index contributed by atoms with van der Waals surface area (Å²) in [6.45, 7) is 6.52. The Bertz CT molecular complexity index is 961. The Labute approximate surface area is 156 Å². The van der Waals surface area contributed by atoms with Crippen molar-refractivity contribution in [2.45, 2.75) is 58.4 Å². The first-order chi connectivity index (χ1) is 13.0. The third-order valence-corrected chi connectivity index (χ3v) is 5.02. The molecule has 0 N–H and O–H groups in total. The zero-order valence-corrected chi connectivity index (χ0v) is 15.8. The molecule has 1 amide bonds. The monoisotopic (exact) mass is 369 g/mol. The van der Waals surface area contributed by atoms with Crippen LogP contribution >= 0.6 is 0 Å². The van der Waals surface area contributed by atoms with Gasteiger partial charge in [-0.15, -0.1) is 0 Å². The molecule has 142 valence electrons. The Morgan fingerprint density at radius 1 is 1.22 bits per heavy atom. The van der Waals surface area contributed by atoms with Crippen LogP contribution in [0.3, 0.4) is 0 Å². The lowest BCUT2D eigenvalue weighted by molar-refractivity contribution is 0.0670. The minimum Gasteiger partial charge on any atom is -0.339 e. The zero-order chi connectivity index (χ0) is 19.0. The molecule has 8 heteroatoms. The van der Waals surface area contributed by atoms with Crippen LogP contribution in [0.2, 0.25) is 0 Å². The number of nitrogens with zero attached hydrogens (tertiary/aromatic N) is 5. The van der Waals surface area contributed by atoms with E-state index in [9.17, 15) is 4.79 Å². The molecule has 0 saturated carbocycles. The summed E-state index contributed by atoms with van der Waals surface area (Å²) in [6, 6.07) is 1.62. The van der Waals surface area contributed by atoms with Gasteiger partial charge in [0.15, 0.2) is 5.82 Å². The van der Waals surface area contributed by atoms with E-state index in [-0.39, 0.29) is 17.9 Å². The van der Waals surface area contributed by atoms with Gasteiger partial charge in [-0.05, 0) is 25.8 Å². The average Bonchev–Trinajstić information content (AvgIpc) is 3.22. The van der Waals surface area contributed by atoms with E-state index in [1.54, 1.807) is 12.3 Å². The summed E-state index contributed by atoms with van der Waals surface area (Å²) in [5.41, 5.74) is 1.68. The van der Waals surface area contributed by atoms with Crippen LogP contribution in [-0.4, -0.2) is 37.6 Å². The van der Waals surface area contributed by atoms with Crippen molar-refractivity contribution in [1.82, 2.24) is 25.2 Å². The summed E-state index contributed by atoms with van der Waals surface area (Å²) in [5.74, 6) is 1.27. The van der Waals surface area contributed by atoms with Gasteiger partial charge in [0.25, 0.3) is 11.6 Å². The number of hydrogen-bond acceptors (Lipinski definition) is 7. The second kappa shape index (κ2) is 7.09. The van der Waals surface area contributed by atoms with E-state index in [2.05, 4.69) is 20.3 Å². The van der Waals surface area contributed by atoms with E-state index in [1.165, 1.54) is 0 Å². The van der Waals surface area contributed by atoms with Crippen LogP contribution in [0, 0.1) is 6.92 Å². The number of hydrogen-bond donors (Lipinski definition) is 0. The van der Waals surface area contributed by atoms with E-state index in [0.29, 0.717) is 29.5 Å². The molecule has 0 radical (unpaired) electrons. The highest BCUT2D eigenvalue weighted by atomic mass is 16.5. The molecule has 1 saturated heterocycles. The highest BCUT2D eigenvalue weighted by Gasteiger charge is 2.31. The van der Waals surface area contributed by atoms with Crippen LogP contribution < -0.4 is 0 Å². The fraction of sp³-hybridized carbons (Fsp3) is 0.526. The Morgan fingerprint density at radius 3 is 2.85 bits per heavy atom. The molecule has 1 aliphatic heterocycles. The van der Waals surface area contributed by atoms with Gasteiger partial charge in [0.05, 0.1) is 22.7 Å². The van der Waals surface area contributed by atoms with Gasteiger partial charge < -0.3 is 13.9 Å². The molecule has 3 aromatic rings. The van der Waals surface area contributed by atoms with E-state index in [4.69, 9.17) is 9.05 Å². The number of amides is 1. The lowest BCUT2D eigenvalue weighted by Gasteiger charge is -2.27. The van der Waals surface area contributed by atoms with Crippen molar-refractivity contribution in [3.05, 3.63) is 35.2 Å². The van der Waals surface area contributed by atoms with Gasteiger partial charge in [0.2, 0.25) is 5.89 Å². The third-order valence-electron chi connectivity index (χ3n) is 5.02. The van der Waals surface area contributed by atoms with Crippen molar-refractivity contribution in [1.29, 1.82) is 0 Å². The Hall–Kier alpha value is -2.77. The predicted octanol–water partition coefficient (Wildman–Crippen LogP) is 3.80. The van der Waals surface area contributed by atoms with Gasteiger partial charge in [0, 0.05) is 18.7 Å². The normalized spacial score (nSPS) is 18.2. The SMILES string of the molecule is Cc1noc2ncc(C(=O)N3CCCCC[C@@H]3c3noc(C(C)C)n3)cc12. The smallest absolute Gasteiger partial charge is 0.257 e. The van der Waals surface area contributed by atoms with Gasteiger partial charge in [-0.1, -0.05) is 37.0 Å². The fourth-order valence-corrected chi connectivity index (χ4v) is 3.46. The van der Waals surface area contributed by atoms with Gasteiger partial charge >= 0.3 is 0 Å². The Balaban J connectivity index is 1.68. The molecule has 1 atom stereocenters. The molecule has 0 aliphatic carbocycles. The van der Waals surface area contributed by atoms with E-state index >= 15 is 0 Å². The number of fused-ring (bicyclic) bond motifs is 1. The standard InChI is InChI=1S/C19H23N5O3/c1-11(2)17-21-16(23-26-17)15-7-5-4-6-8-24(15)19(25)13-9-14-12(3)22-27-18(14)20-10-13/h9-11,15H,4-8H2,1-3H3/t15-/m1/s1. The molecule has 0 spiro atoms. The van der Waals surface area contributed by atoms with Crippen LogP contribution in [-0.2, 0) is 0 Å². The lowest BCUT2D eigenvalue weighted by atomic mass is 10.1. The molecule has 4 heterocycles. The van der Waals surface area contributed by atoms with Crippen LogP contribution in [0.5, 0.6) is 0 Å². The molecule has 0 aromatic carbocycles. The number of aryl methyl sites for hydroxylation is 1. The van der Waals surface area contributed by atoms with Crippen molar-refractivity contribution in [2.75, 3.05) is 6.54 Å². The maximum absolute atomic E-state index is 13.3. The van der Waals surface area contributed by atoms with E-state index in [1.807, 2.05) is 25.7 Å². The fourth-order valence-electron chi connectivity index (χ4n) is 3.46. The highest BCUT2D eigenvalue weighted by Crippen LogP contribution is 2.31. The van der Waals surface area contributed by atoms with Crippen molar-refractivity contribution in [3.63, 3.8) is 0 Å². The van der Waals surface area contributed by atoms with Crippen molar-refractivity contribution in [2.24, 2.45) is 0 Å². The molecule has 3 aromatic heterocycles. The van der Waals surface area contributed by atoms with Crippen LogP contribution in [0.4, 0.5) is 0 Å². The minimum absolute atomic E-state index is 0.0761. The van der Waals surface area contributed by atoms with Crippen molar-refractivity contribution in [3.8, 4) is 0 Å². The van der Waals surface area contributed by atoms with Gasteiger partial charge in [0.1, 0.15) is 0 Å². The van der Waals surface area contributed by atoms with Crippen LogP contribution in [0.1, 0.15) is 79.3 Å². The number of aromatic nitrogens is 4. The average molecular weight is 369 g/mol. The molecule has 8 nitrogen and oxygen atoms in total. The summed E-state index contributed by atoms with van der Waals surface area (Å²) in [7, 11) is 0.